The predicted octanol–water partition coefficient (Wildman–Crippen LogP) is 1.53. The topological polar surface area (TPSA) is 66.5 Å². The van der Waals surface area contributed by atoms with Gasteiger partial charge in [-0.2, -0.15) is 5.26 Å². The van der Waals surface area contributed by atoms with Crippen molar-refractivity contribution in [2.24, 2.45) is 0 Å². The molecule has 96 valence electrons. The summed E-state index contributed by atoms with van der Waals surface area (Å²) in [6, 6.07) is 7.17. The normalized spacial score (nSPS) is 14.3. The van der Waals surface area contributed by atoms with Gasteiger partial charge >= 0.3 is 0 Å². The molecule has 0 amide bonds. The highest BCUT2D eigenvalue weighted by atomic mass is 19.1. The Bertz CT molecular complexity index is 639. The monoisotopic (exact) mass is 257 g/mol. The first-order valence-corrected chi connectivity index (χ1v) is 6.11. The minimum Gasteiger partial charge on any atom is -0.310 e. The molecule has 1 fully saturated rings. The van der Waals surface area contributed by atoms with Crippen molar-refractivity contribution < 1.29 is 4.39 Å². The van der Waals surface area contributed by atoms with Crippen LogP contribution in [0.15, 0.2) is 24.5 Å². The minimum absolute atomic E-state index is 0.0744. The van der Waals surface area contributed by atoms with Crippen molar-refractivity contribution >= 4 is 0 Å². The first kappa shape index (κ1) is 11.8. The second kappa shape index (κ2) is 4.78. The summed E-state index contributed by atoms with van der Waals surface area (Å²) in [7, 11) is 0. The Labute approximate surface area is 109 Å². The number of aromatic nitrogens is 3. The molecule has 1 aliphatic rings. The largest absolute Gasteiger partial charge is 0.310 e. The van der Waals surface area contributed by atoms with E-state index in [0.29, 0.717) is 23.8 Å². The van der Waals surface area contributed by atoms with Crippen LogP contribution in [-0.2, 0) is 6.54 Å². The molecule has 1 heterocycles. The molecule has 5 nitrogen and oxygen atoms in total. The maximum Gasteiger partial charge on any atom is 0.252 e. The molecule has 1 saturated carbocycles. The van der Waals surface area contributed by atoms with Crippen LogP contribution in [0.25, 0.3) is 5.69 Å². The van der Waals surface area contributed by atoms with E-state index in [-0.39, 0.29) is 11.6 Å². The Morgan fingerprint density at radius 3 is 3.00 bits per heavy atom. The van der Waals surface area contributed by atoms with E-state index in [0.717, 1.165) is 12.8 Å². The first-order chi connectivity index (χ1) is 9.28. The van der Waals surface area contributed by atoms with E-state index >= 15 is 0 Å². The van der Waals surface area contributed by atoms with Crippen LogP contribution in [0.4, 0.5) is 4.39 Å². The van der Waals surface area contributed by atoms with E-state index in [2.05, 4.69) is 15.4 Å². The molecule has 0 atom stereocenters. The Morgan fingerprint density at radius 1 is 1.47 bits per heavy atom. The molecule has 19 heavy (non-hydrogen) atoms. The quantitative estimate of drug-likeness (QED) is 0.902. The average molecular weight is 257 g/mol. The second-order valence-corrected chi connectivity index (χ2v) is 4.52. The van der Waals surface area contributed by atoms with Crippen LogP contribution >= 0.6 is 0 Å². The highest BCUT2D eigenvalue weighted by molar-refractivity contribution is 5.41. The maximum atomic E-state index is 13.9. The lowest BCUT2D eigenvalue weighted by Crippen LogP contribution is -2.18. The Kier molecular flexibility index (Phi) is 2.97. The van der Waals surface area contributed by atoms with Crippen LogP contribution in [-0.4, -0.2) is 20.8 Å². The van der Waals surface area contributed by atoms with Gasteiger partial charge in [0.05, 0.1) is 5.69 Å². The molecule has 0 spiro atoms. The molecule has 3 rings (SSSR count). The van der Waals surface area contributed by atoms with Crippen LogP contribution < -0.4 is 5.32 Å². The van der Waals surface area contributed by atoms with Gasteiger partial charge in [-0.1, -0.05) is 6.07 Å². The first-order valence-electron chi connectivity index (χ1n) is 6.11. The molecule has 1 aliphatic carbocycles. The number of nitriles is 1. The number of halogens is 1. The number of nitrogens with zero attached hydrogens (tertiary/aromatic N) is 4. The van der Waals surface area contributed by atoms with Crippen molar-refractivity contribution in [2.75, 3.05) is 0 Å². The molecule has 2 aromatic rings. The van der Waals surface area contributed by atoms with Gasteiger partial charge in [-0.05, 0) is 25.0 Å². The van der Waals surface area contributed by atoms with Gasteiger partial charge in [0.2, 0.25) is 0 Å². The van der Waals surface area contributed by atoms with Crippen molar-refractivity contribution in [3.8, 4) is 11.8 Å². The van der Waals surface area contributed by atoms with Crippen molar-refractivity contribution in [1.29, 1.82) is 5.26 Å². The van der Waals surface area contributed by atoms with Crippen LogP contribution in [0.1, 0.15) is 24.2 Å². The third-order valence-corrected chi connectivity index (χ3v) is 3.08. The molecular formula is C13H12FN5. The lowest BCUT2D eigenvalue weighted by Gasteiger charge is -2.10. The van der Waals surface area contributed by atoms with Gasteiger partial charge in [0.15, 0.2) is 0 Å². The minimum atomic E-state index is -0.278. The lowest BCUT2D eigenvalue weighted by atomic mass is 10.1. The predicted molar refractivity (Wildman–Crippen MR) is 65.9 cm³/mol. The summed E-state index contributed by atoms with van der Waals surface area (Å²) >= 11 is 0. The Hall–Kier alpha value is -2.26. The molecule has 0 saturated heterocycles. The number of rotatable bonds is 4. The standard InChI is InChI=1S/C13H12FN5/c14-11-2-1-3-12(10(11)7-16-9-4-5-9)19-8-17-13(6-15)18-19/h1-3,8-9,16H,4-5,7H2. The number of hydrogen-bond acceptors (Lipinski definition) is 4. The van der Waals surface area contributed by atoms with E-state index in [9.17, 15) is 4.39 Å². The zero-order valence-electron chi connectivity index (χ0n) is 10.2. The summed E-state index contributed by atoms with van der Waals surface area (Å²) in [6.07, 6.45) is 3.71. The fraction of sp³-hybridized carbons (Fsp3) is 0.308. The molecular weight excluding hydrogens is 245 g/mol. The van der Waals surface area contributed by atoms with Gasteiger partial charge in [-0.25, -0.2) is 14.1 Å². The van der Waals surface area contributed by atoms with E-state index in [1.165, 1.54) is 17.1 Å². The van der Waals surface area contributed by atoms with Gasteiger partial charge in [-0.15, -0.1) is 5.10 Å². The Balaban J connectivity index is 1.94. The van der Waals surface area contributed by atoms with Crippen LogP contribution in [0.5, 0.6) is 0 Å². The van der Waals surface area contributed by atoms with Gasteiger partial charge < -0.3 is 5.32 Å². The fourth-order valence-electron chi connectivity index (χ4n) is 1.90. The van der Waals surface area contributed by atoms with Crippen LogP contribution in [0.2, 0.25) is 0 Å². The van der Waals surface area contributed by atoms with Crippen LogP contribution in [0.3, 0.4) is 0 Å². The highest BCUT2D eigenvalue weighted by Gasteiger charge is 2.21. The lowest BCUT2D eigenvalue weighted by molar-refractivity contribution is 0.582. The molecule has 1 aromatic heterocycles. The fourth-order valence-corrected chi connectivity index (χ4v) is 1.90. The SMILES string of the molecule is N#Cc1ncn(-c2cccc(F)c2CNC2CC2)n1. The summed E-state index contributed by atoms with van der Waals surface area (Å²) in [5, 5.41) is 16.0. The zero-order chi connectivity index (χ0) is 13.2. The number of nitrogens with one attached hydrogen (secondary N) is 1. The summed E-state index contributed by atoms with van der Waals surface area (Å²) in [4.78, 5) is 3.84. The van der Waals surface area contributed by atoms with E-state index in [1.54, 1.807) is 12.1 Å². The van der Waals surface area contributed by atoms with E-state index in [1.807, 2.05) is 6.07 Å². The van der Waals surface area contributed by atoms with Crippen molar-refractivity contribution in [3.05, 3.63) is 41.7 Å². The number of hydrogen-bond donors (Lipinski definition) is 1. The van der Waals surface area contributed by atoms with Gasteiger partial charge in [0.1, 0.15) is 18.2 Å². The highest BCUT2D eigenvalue weighted by Crippen LogP contribution is 2.22. The van der Waals surface area contributed by atoms with Crippen molar-refractivity contribution in [3.63, 3.8) is 0 Å². The Morgan fingerprint density at radius 2 is 2.32 bits per heavy atom. The third kappa shape index (κ3) is 2.46. The van der Waals surface area contributed by atoms with E-state index < -0.39 is 0 Å². The summed E-state index contributed by atoms with van der Waals surface area (Å²) < 4.78 is 15.4. The molecule has 0 unspecified atom stereocenters. The summed E-state index contributed by atoms with van der Waals surface area (Å²) in [6.45, 7) is 0.453. The van der Waals surface area contributed by atoms with Crippen molar-refractivity contribution in [2.45, 2.75) is 25.4 Å². The molecule has 1 N–H and O–H groups in total. The third-order valence-electron chi connectivity index (χ3n) is 3.08. The molecule has 0 radical (unpaired) electrons. The average Bonchev–Trinajstić information content (AvgIpc) is 3.12. The molecule has 1 aromatic carbocycles. The zero-order valence-corrected chi connectivity index (χ0v) is 10.2. The van der Waals surface area contributed by atoms with Gasteiger partial charge in [0.25, 0.3) is 5.82 Å². The van der Waals surface area contributed by atoms with Crippen molar-refractivity contribution in [1.82, 2.24) is 20.1 Å². The maximum absolute atomic E-state index is 13.9. The van der Waals surface area contributed by atoms with E-state index in [4.69, 9.17) is 5.26 Å². The van der Waals surface area contributed by atoms with Gasteiger partial charge in [-0.3, -0.25) is 0 Å². The summed E-state index contributed by atoms with van der Waals surface area (Å²) in [5.41, 5.74) is 1.16. The molecule has 0 bridgehead atoms. The summed E-state index contributed by atoms with van der Waals surface area (Å²) in [5.74, 6) is -0.204. The second-order valence-electron chi connectivity index (χ2n) is 4.52. The molecule has 0 aliphatic heterocycles. The van der Waals surface area contributed by atoms with Crippen LogP contribution in [0, 0.1) is 17.1 Å². The van der Waals surface area contributed by atoms with Gasteiger partial charge in [0, 0.05) is 18.2 Å². The molecule has 6 heteroatoms. The smallest absolute Gasteiger partial charge is 0.252 e. The number of benzene rings is 1.